The van der Waals surface area contributed by atoms with Crippen LogP contribution in [0.2, 0.25) is 0 Å². The van der Waals surface area contributed by atoms with Crippen molar-refractivity contribution in [1.82, 2.24) is 9.62 Å². The predicted octanol–water partition coefficient (Wildman–Crippen LogP) is 0.674. The predicted molar refractivity (Wildman–Crippen MR) is 79.0 cm³/mol. The van der Waals surface area contributed by atoms with Crippen molar-refractivity contribution in [1.29, 1.82) is 0 Å². The molecule has 2 rings (SSSR count). The smallest absolute Gasteiger partial charge is 0.335 e. The number of carboxylic acid groups (broad SMARTS) is 1. The molecule has 0 aromatic heterocycles. The maximum Gasteiger partial charge on any atom is 0.335 e. The molecule has 120 valence electrons. The number of rotatable bonds is 4. The van der Waals surface area contributed by atoms with Gasteiger partial charge in [-0.25, -0.2) is 17.9 Å². The van der Waals surface area contributed by atoms with Crippen LogP contribution in [0.4, 0.5) is 0 Å². The summed E-state index contributed by atoms with van der Waals surface area (Å²) in [4.78, 5) is 23.7. The highest BCUT2D eigenvalue weighted by Crippen LogP contribution is 2.16. The van der Waals surface area contributed by atoms with Gasteiger partial charge in [0.25, 0.3) is 0 Å². The number of carboxylic acids is 1. The first-order valence-electron chi connectivity index (χ1n) is 6.91. The molecule has 1 heterocycles. The summed E-state index contributed by atoms with van der Waals surface area (Å²) in [6.45, 7) is 2.55. The highest BCUT2D eigenvalue weighted by atomic mass is 32.2. The number of piperidine rings is 1. The van der Waals surface area contributed by atoms with Crippen LogP contribution in [0.25, 0.3) is 0 Å². The summed E-state index contributed by atoms with van der Waals surface area (Å²) in [6, 6.07) is 4.84. The van der Waals surface area contributed by atoms with Crippen LogP contribution >= 0.6 is 0 Å². The number of benzene rings is 1. The summed E-state index contributed by atoms with van der Waals surface area (Å²) in [5.74, 6) is -1.11. The number of aromatic carboxylic acids is 1. The Morgan fingerprint density at radius 2 is 1.73 bits per heavy atom. The van der Waals surface area contributed by atoms with Crippen LogP contribution in [0.1, 0.15) is 30.1 Å². The number of hydrogen-bond donors (Lipinski definition) is 2. The standard InChI is InChI=1S/C14H18N2O5S/c1-10(17)16-8-6-12(7-9-16)15-22(20,21)13-4-2-11(3-5-13)14(18)19/h2-5,12,15H,6-9H2,1H3,(H,18,19). The van der Waals surface area contributed by atoms with Crippen molar-refractivity contribution in [2.45, 2.75) is 30.7 Å². The van der Waals surface area contributed by atoms with Crippen molar-refractivity contribution in [3.8, 4) is 0 Å². The summed E-state index contributed by atoms with van der Waals surface area (Å²) in [6.07, 6.45) is 1.12. The molecule has 0 atom stereocenters. The molecule has 0 aliphatic carbocycles. The summed E-state index contributed by atoms with van der Waals surface area (Å²) in [5.41, 5.74) is 0.0358. The lowest BCUT2D eigenvalue weighted by Crippen LogP contribution is -2.45. The van der Waals surface area contributed by atoms with Gasteiger partial charge >= 0.3 is 5.97 Å². The zero-order chi connectivity index (χ0) is 16.3. The molecule has 2 N–H and O–H groups in total. The third-order valence-corrected chi connectivity index (χ3v) is 5.21. The third-order valence-electron chi connectivity index (χ3n) is 3.67. The Labute approximate surface area is 129 Å². The molecule has 1 fully saturated rings. The molecule has 0 saturated carbocycles. The zero-order valence-electron chi connectivity index (χ0n) is 12.2. The van der Waals surface area contributed by atoms with E-state index < -0.39 is 16.0 Å². The van der Waals surface area contributed by atoms with E-state index in [0.29, 0.717) is 25.9 Å². The molecule has 0 unspecified atom stereocenters. The van der Waals surface area contributed by atoms with Crippen LogP contribution in [0, 0.1) is 0 Å². The van der Waals surface area contributed by atoms with Crippen molar-refractivity contribution >= 4 is 21.9 Å². The lowest BCUT2D eigenvalue weighted by Gasteiger charge is -2.31. The fourth-order valence-electron chi connectivity index (χ4n) is 2.38. The Morgan fingerprint density at radius 1 is 1.18 bits per heavy atom. The average molecular weight is 326 g/mol. The molecular weight excluding hydrogens is 308 g/mol. The largest absolute Gasteiger partial charge is 0.478 e. The van der Waals surface area contributed by atoms with Crippen LogP contribution in [0.3, 0.4) is 0 Å². The monoisotopic (exact) mass is 326 g/mol. The van der Waals surface area contributed by atoms with E-state index >= 15 is 0 Å². The Morgan fingerprint density at radius 3 is 2.18 bits per heavy atom. The van der Waals surface area contributed by atoms with Crippen molar-refractivity contribution in [2.75, 3.05) is 13.1 Å². The van der Waals surface area contributed by atoms with E-state index in [0.717, 1.165) is 0 Å². The Kier molecular flexibility index (Phi) is 4.82. The molecule has 0 radical (unpaired) electrons. The lowest BCUT2D eigenvalue weighted by molar-refractivity contribution is -0.129. The van der Waals surface area contributed by atoms with E-state index in [-0.39, 0.29) is 22.4 Å². The van der Waals surface area contributed by atoms with Gasteiger partial charge in [0.05, 0.1) is 10.5 Å². The summed E-state index contributed by atoms with van der Waals surface area (Å²) >= 11 is 0. The fourth-order valence-corrected chi connectivity index (χ4v) is 3.68. The van der Waals surface area contributed by atoms with Crippen LogP contribution in [0.5, 0.6) is 0 Å². The molecule has 1 saturated heterocycles. The lowest BCUT2D eigenvalue weighted by atomic mass is 10.1. The number of carbonyl (C=O) groups is 2. The molecule has 0 spiro atoms. The second-order valence-corrected chi connectivity index (χ2v) is 6.95. The maximum atomic E-state index is 12.3. The summed E-state index contributed by atoms with van der Waals surface area (Å²) in [5, 5.41) is 8.81. The molecule has 1 aliphatic heterocycles. The average Bonchev–Trinajstić information content (AvgIpc) is 2.47. The van der Waals surface area contributed by atoms with Crippen LogP contribution in [0.15, 0.2) is 29.2 Å². The van der Waals surface area contributed by atoms with E-state index in [1.165, 1.54) is 31.2 Å². The second-order valence-electron chi connectivity index (χ2n) is 5.23. The number of nitrogens with zero attached hydrogens (tertiary/aromatic N) is 1. The minimum atomic E-state index is -3.69. The van der Waals surface area contributed by atoms with E-state index in [1.807, 2.05) is 0 Å². The number of sulfonamides is 1. The topological polar surface area (TPSA) is 104 Å². The molecule has 1 aromatic carbocycles. The van der Waals surface area contributed by atoms with Gasteiger partial charge in [0, 0.05) is 26.1 Å². The molecule has 7 nitrogen and oxygen atoms in total. The quantitative estimate of drug-likeness (QED) is 0.846. The van der Waals surface area contributed by atoms with Gasteiger partial charge in [-0.2, -0.15) is 0 Å². The highest BCUT2D eigenvalue weighted by Gasteiger charge is 2.25. The van der Waals surface area contributed by atoms with Gasteiger partial charge in [-0.1, -0.05) is 0 Å². The zero-order valence-corrected chi connectivity index (χ0v) is 13.0. The molecule has 1 aromatic rings. The fraction of sp³-hybridized carbons (Fsp3) is 0.429. The van der Waals surface area contributed by atoms with Gasteiger partial charge < -0.3 is 10.0 Å². The van der Waals surface area contributed by atoms with Crippen LogP contribution < -0.4 is 4.72 Å². The number of carbonyl (C=O) groups excluding carboxylic acids is 1. The summed E-state index contributed by atoms with van der Waals surface area (Å²) < 4.78 is 27.1. The van der Waals surface area contributed by atoms with Crippen LogP contribution in [-0.4, -0.2) is 49.4 Å². The second kappa shape index (κ2) is 6.45. The third kappa shape index (κ3) is 3.83. The molecule has 0 bridgehead atoms. The number of nitrogens with one attached hydrogen (secondary N) is 1. The van der Waals surface area contributed by atoms with Gasteiger partial charge in [-0.15, -0.1) is 0 Å². The first kappa shape index (κ1) is 16.4. The van der Waals surface area contributed by atoms with Crippen molar-refractivity contribution in [2.24, 2.45) is 0 Å². The van der Waals surface area contributed by atoms with Gasteiger partial charge in [-0.05, 0) is 37.1 Å². The number of hydrogen-bond acceptors (Lipinski definition) is 4. The van der Waals surface area contributed by atoms with Crippen molar-refractivity contribution in [3.63, 3.8) is 0 Å². The molecular formula is C14H18N2O5S. The van der Waals surface area contributed by atoms with Gasteiger partial charge in [0.2, 0.25) is 15.9 Å². The SMILES string of the molecule is CC(=O)N1CCC(NS(=O)(=O)c2ccc(C(=O)O)cc2)CC1. The first-order valence-corrected chi connectivity index (χ1v) is 8.39. The highest BCUT2D eigenvalue weighted by molar-refractivity contribution is 7.89. The number of likely N-dealkylation sites (tertiary alicyclic amines) is 1. The number of amides is 1. The van der Waals surface area contributed by atoms with Crippen LogP contribution in [-0.2, 0) is 14.8 Å². The Balaban J connectivity index is 2.02. The molecule has 8 heteroatoms. The Bertz CT molecular complexity index is 661. The van der Waals surface area contributed by atoms with E-state index in [9.17, 15) is 18.0 Å². The summed E-state index contributed by atoms with van der Waals surface area (Å²) in [7, 11) is -3.69. The van der Waals surface area contributed by atoms with E-state index in [4.69, 9.17) is 5.11 Å². The minimum absolute atomic E-state index is 0.00873. The normalized spacial score (nSPS) is 16.5. The van der Waals surface area contributed by atoms with E-state index in [1.54, 1.807) is 4.90 Å². The van der Waals surface area contributed by atoms with Crippen molar-refractivity contribution < 1.29 is 23.1 Å². The van der Waals surface area contributed by atoms with Gasteiger partial charge in [0.1, 0.15) is 0 Å². The molecule has 22 heavy (non-hydrogen) atoms. The first-order chi connectivity index (χ1) is 10.3. The minimum Gasteiger partial charge on any atom is -0.478 e. The maximum absolute atomic E-state index is 12.3. The Hall–Kier alpha value is -1.93. The van der Waals surface area contributed by atoms with Gasteiger partial charge in [0.15, 0.2) is 0 Å². The van der Waals surface area contributed by atoms with E-state index in [2.05, 4.69) is 4.72 Å². The van der Waals surface area contributed by atoms with Gasteiger partial charge in [-0.3, -0.25) is 4.79 Å². The molecule has 1 aliphatic rings. The van der Waals surface area contributed by atoms with Crippen molar-refractivity contribution in [3.05, 3.63) is 29.8 Å². The molecule has 1 amide bonds.